The molecule has 0 saturated carbocycles. The predicted molar refractivity (Wildman–Crippen MR) is 41.6 cm³/mol. The van der Waals surface area contributed by atoms with Crippen LogP contribution in [0.1, 0.15) is 12.8 Å². The van der Waals surface area contributed by atoms with Gasteiger partial charge in [0.2, 0.25) is 0 Å². The number of hydrogen-bond donors (Lipinski definition) is 0. The maximum Gasteiger partial charge on any atom is 0.157 e. The maximum atomic E-state index is 5.63. The van der Waals surface area contributed by atoms with E-state index in [1.165, 1.54) is 18.9 Å². The molecule has 0 N–H and O–H groups in total. The summed E-state index contributed by atoms with van der Waals surface area (Å²) in [4.78, 5) is 0. The lowest BCUT2D eigenvalue weighted by Crippen LogP contribution is -2.28. The molecule has 3 heteroatoms. The Morgan fingerprint density at radius 2 is 2.38 bits per heavy atom. The Hall–Kier alpha value is 0.394. The first-order chi connectivity index (χ1) is 3.93. The average Bonchev–Trinajstić information content (AvgIpc) is 1.90. The van der Waals surface area contributed by atoms with Crippen molar-refractivity contribution in [2.75, 3.05) is 6.61 Å². The molecule has 0 radical (unpaired) electrons. The highest BCUT2D eigenvalue weighted by Crippen LogP contribution is 2.08. The molecule has 0 spiro atoms. The molecule has 1 heterocycles. The minimum atomic E-state index is -0.466. The van der Waals surface area contributed by atoms with Crippen LogP contribution in [-0.4, -0.2) is 24.2 Å². The van der Waals surface area contributed by atoms with Gasteiger partial charge in [0.1, 0.15) is 0 Å². The summed E-state index contributed by atoms with van der Waals surface area (Å²) in [5.41, 5.74) is 0. The van der Waals surface area contributed by atoms with Gasteiger partial charge in [0.25, 0.3) is 0 Å². The molecular weight excluding hydrogens is 132 g/mol. The summed E-state index contributed by atoms with van der Waals surface area (Å²) >= 11 is 0. The number of hydrogen-bond acceptors (Lipinski definition) is 1. The minimum Gasteiger partial charge on any atom is -0.424 e. The van der Waals surface area contributed by atoms with Crippen LogP contribution in [0.25, 0.3) is 0 Å². The maximum absolute atomic E-state index is 5.63. The Morgan fingerprint density at radius 1 is 1.50 bits per heavy atom. The summed E-state index contributed by atoms with van der Waals surface area (Å²) in [5, 5.41) is 0. The lowest BCUT2D eigenvalue weighted by molar-refractivity contribution is 0.298. The SMILES string of the molecule is C[SiH2][SiH]1CCCCO1. The van der Waals surface area contributed by atoms with E-state index < -0.39 is 8.56 Å². The van der Waals surface area contributed by atoms with Crippen LogP contribution in [0, 0.1) is 0 Å². The van der Waals surface area contributed by atoms with Gasteiger partial charge in [0, 0.05) is 15.6 Å². The lowest BCUT2D eigenvalue weighted by atomic mass is 10.4. The zero-order valence-corrected chi connectivity index (χ0v) is 8.09. The second-order valence-corrected chi connectivity index (χ2v) is 10.5. The van der Waals surface area contributed by atoms with Gasteiger partial charge in [0.05, 0.1) is 0 Å². The first-order valence-corrected chi connectivity index (χ1v) is 9.52. The molecule has 1 nitrogen and oxygen atoms in total. The van der Waals surface area contributed by atoms with Gasteiger partial charge in [-0.15, -0.1) is 0 Å². The third kappa shape index (κ3) is 1.72. The highest BCUT2D eigenvalue weighted by atomic mass is 29.2. The fourth-order valence-corrected chi connectivity index (χ4v) is 6.48. The first kappa shape index (κ1) is 6.51. The van der Waals surface area contributed by atoms with Gasteiger partial charge in [-0.3, -0.25) is 0 Å². The molecule has 0 aromatic heterocycles. The molecular formula is C5H14OSi2. The summed E-state index contributed by atoms with van der Waals surface area (Å²) in [6.45, 7) is 3.49. The molecule has 1 unspecified atom stereocenters. The van der Waals surface area contributed by atoms with Gasteiger partial charge in [-0.1, -0.05) is 13.0 Å². The molecule has 0 bridgehead atoms. The fraction of sp³-hybridized carbons (Fsp3) is 1.00. The van der Waals surface area contributed by atoms with Crippen LogP contribution in [0.4, 0.5) is 0 Å². The quantitative estimate of drug-likeness (QED) is 0.481. The summed E-state index contributed by atoms with van der Waals surface area (Å²) in [7, 11) is -0.182. The van der Waals surface area contributed by atoms with Crippen molar-refractivity contribution >= 4 is 17.6 Å². The van der Waals surface area contributed by atoms with Crippen molar-refractivity contribution in [3.8, 4) is 0 Å². The van der Waals surface area contributed by atoms with Crippen molar-refractivity contribution in [1.29, 1.82) is 0 Å². The topological polar surface area (TPSA) is 9.23 Å². The van der Waals surface area contributed by atoms with E-state index in [1.54, 1.807) is 0 Å². The van der Waals surface area contributed by atoms with Gasteiger partial charge in [0.15, 0.2) is 8.56 Å². The Bertz CT molecular complexity index is 61.4. The zero-order chi connectivity index (χ0) is 5.82. The van der Waals surface area contributed by atoms with Crippen LogP contribution >= 0.6 is 0 Å². The van der Waals surface area contributed by atoms with Crippen LogP contribution in [0.5, 0.6) is 0 Å². The lowest BCUT2D eigenvalue weighted by Gasteiger charge is -2.18. The molecule has 1 rings (SSSR count). The highest BCUT2D eigenvalue weighted by molar-refractivity contribution is 7.08. The zero-order valence-electron chi connectivity index (χ0n) is 5.52. The van der Waals surface area contributed by atoms with E-state index >= 15 is 0 Å². The third-order valence-corrected chi connectivity index (χ3v) is 9.06. The molecule has 1 fully saturated rings. The van der Waals surface area contributed by atoms with Crippen LogP contribution in [-0.2, 0) is 4.43 Å². The first-order valence-electron chi connectivity index (χ1n) is 3.55. The van der Waals surface area contributed by atoms with E-state index in [4.69, 9.17) is 4.43 Å². The normalized spacial score (nSPS) is 31.9. The monoisotopic (exact) mass is 146 g/mol. The van der Waals surface area contributed by atoms with Gasteiger partial charge in [-0.2, -0.15) is 0 Å². The van der Waals surface area contributed by atoms with Crippen LogP contribution in [0.3, 0.4) is 0 Å². The van der Waals surface area contributed by atoms with E-state index in [0.717, 1.165) is 6.61 Å². The smallest absolute Gasteiger partial charge is 0.157 e. The minimum absolute atomic E-state index is 0.285. The summed E-state index contributed by atoms with van der Waals surface area (Å²) in [6.07, 6.45) is 2.80. The van der Waals surface area contributed by atoms with Crippen molar-refractivity contribution in [1.82, 2.24) is 0 Å². The van der Waals surface area contributed by atoms with E-state index in [9.17, 15) is 0 Å². The molecule has 1 aliphatic rings. The second-order valence-electron chi connectivity index (χ2n) is 2.40. The molecule has 0 aromatic rings. The summed E-state index contributed by atoms with van der Waals surface area (Å²) < 4.78 is 5.63. The Balaban J connectivity index is 2.13. The van der Waals surface area contributed by atoms with Gasteiger partial charge >= 0.3 is 0 Å². The highest BCUT2D eigenvalue weighted by Gasteiger charge is 2.12. The molecule has 1 aliphatic heterocycles. The number of rotatable bonds is 1. The molecule has 0 aliphatic carbocycles. The molecule has 1 atom stereocenters. The molecule has 8 heavy (non-hydrogen) atoms. The third-order valence-electron chi connectivity index (χ3n) is 1.73. The summed E-state index contributed by atoms with van der Waals surface area (Å²) in [5.74, 6) is 0. The Labute approximate surface area is 54.8 Å². The van der Waals surface area contributed by atoms with Gasteiger partial charge in [-0.05, 0) is 12.5 Å². The van der Waals surface area contributed by atoms with Crippen LogP contribution in [0.15, 0.2) is 0 Å². The Morgan fingerprint density at radius 3 is 2.75 bits per heavy atom. The summed E-state index contributed by atoms with van der Waals surface area (Å²) in [6, 6.07) is 1.49. The van der Waals surface area contributed by atoms with Crippen molar-refractivity contribution in [2.45, 2.75) is 25.4 Å². The van der Waals surface area contributed by atoms with Crippen molar-refractivity contribution in [3.05, 3.63) is 0 Å². The molecule has 0 aromatic carbocycles. The van der Waals surface area contributed by atoms with E-state index in [1.807, 2.05) is 0 Å². The molecule has 1 saturated heterocycles. The van der Waals surface area contributed by atoms with Crippen LogP contribution < -0.4 is 0 Å². The predicted octanol–water partition coefficient (Wildman–Crippen LogP) is 0.234. The molecule has 0 amide bonds. The largest absolute Gasteiger partial charge is 0.424 e. The van der Waals surface area contributed by atoms with E-state index in [2.05, 4.69) is 6.55 Å². The fourth-order valence-electron chi connectivity index (χ4n) is 1.13. The van der Waals surface area contributed by atoms with E-state index in [0.29, 0.717) is 0 Å². The van der Waals surface area contributed by atoms with Gasteiger partial charge in [-0.25, -0.2) is 0 Å². The Kier molecular flexibility index (Phi) is 2.79. The van der Waals surface area contributed by atoms with Gasteiger partial charge < -0.3 is 4.43 Å². The van der Waals surface area contributed by atoms with Crippen molar-refractivity contribution in [2.24, 2.45) is 0 Å². The van der Waals surface area contributed by atoms with Crippen molar-refractivity contribution < 1.29 is 4.43 Å². The van der Waals surface area contributed by atoms with E-state index in [-0.39, 0.29) is 9.04 Å². The second kappa shape index (κ2) is 3.43. The molecule has 48 valence electrons. The average molecular weight is 146 g/mol. The standard InChI is InChI=1S/C5H14OSi2/c1-7-8-5-3-2-4-6-8/h8H,2-5,7H2,1H3. The van der Waals surface area contributed by atoms with Crippen LogP contribution in [0.2, 0.25) is 12.6 Å². The van der Waals surface area contributed by atoms with Crippen molar-refractivity contribution in [3.63, 3.8) is 0 Å².